The van der Waals surface area contributed by atoms with Gasteiger partial charge in [0.2, 0.25) is 0 Å². The smallest absolute Gasteiger partial charge is 0.328 e. The Kier molecular flexibility index (Phi) is 6.93. The molecule has 4 amide bonds. The molecule has 0 bridgehead atoms. The first-order chi connectivity index (χ1) is 16.1. The second-order valence-electron chi connectivity index (χ2n) is 7.62. The molecule has 2 aromatic carbocycles. The molecule has 0 radical (unpaired) electrons. The maximum Gasteiger partial charge on any atom is 0.328 e. The second kappa shape index (κ2) is 9.74. The van der Waals surface area contributed by atoms with Crippen molar-refractivity contribution in [2.24, 2.45) is 5.92 Å². The molecule has 174 valence electrons. The number of rotatable bonds is 5. The monoisotopic (exact) mass is 518 g/mol. The normalized spacial score (nSPS) is 22.2. The Hall–Kier alpha value is -2.94. The highest BCUT2D eigenvalue weighted by atomic mass is 35.5. The average Bonchev–Trinajstić information content (AvgIpc) is 2.76. The predicted molar refractivity (Wildman–Crippen MR) is 128 cm³/mol. The number of ether oxygens (including phenoxy) is 1. The van der Waals surface area contributed by atoms with Crippen molar-refractivity contribution in [2.45, 2.75) is 12.4 Å². The van der Waals surface area contributed by atoms with Crippen LogP contribution in [0, 0.1) is 5.92 Å². The van der Waals surface area contributed by atoms with E-state index in [1.807, 2.05) is 10.6 Å². The number of halogens is 3. The molecule has 7 nitrogen and oxygen atoms in total. The first-order valence-electron chi connectivity index (χ1n) is 10.00. The van der Waals surface area contributed by atoms with Crippen molar-refractivity contribution < 1.29 is 24.2 Å². The van der Waals surface area contributed by atoms with Crippen LogP contribution in [0.15, 0.2) is 72.3 Å². The van der Waals surface area contributed by atoms with Crippen molar-refractivity contribution in [3.05, 3.63) is 98.5 Å². The zero-order valence-corrected chi connectivity index (χ0v) is 19.6. The third kappa shape index (κ3) is 5.41. The zero-order chi connectivity index (χ0) is 24.5. The fraction of sp³-hybridized carbons (Fsp3) is 0.125. The number of benzene rings is 2. The molecule has 2 aliphatic rings. The lowest BCUT2D eigenvalue weighted by molar-refractivity contribution is -0.190. The van der Waals surface area contributed by atoms with Crippen LogP contribution >= 0.6 is 34.8 Å². The molecule has 0 saturated carbocycles. The van der Waals surface area contributed by atoms with Crippen LogP contribution in [0.25, 0.3) is 5.57 Å². The van der Waals surface area contributed by atoms with Crippen molar-refractivity contribution in [1.29, 1.82) is 0 Å². The van der Waals surface area contributed by atoms with E-state index in [0.717, 1.165) is 5.56 Å². The number of carbonyl (C=O) groups excluding carboxylic acids is 3. The zero-order valence-electron chi connectivity index (χ0n) is 17.3. The molecule has 2 unspecified atom stereocenters. The minimum atomic E-state index is -1.92. The van der Waals surface area contributed by atoms with Crippen LogP contribution in [0.1, 0.15) is 11.1 Å². The van der Waals surface area contributed by atoms with Gasteiger partial charge in [-0.3, -0.25) is 20.2 Å². The maximum atomic E-state index is 12.3. The van der Waals surface area contributed by atoms with Gasteiger partial charge in [0.1, 0.15) is 5.57 Å². The molecule has 1 aliphatic heterocycles. The summed E-state index contributed by atoms with van der Waals surface area (Å²) in [6.45, 7) is 0.0146. The van der Waals surface area contributed by atoms with Gasteiger partial charge in [-0.1, -0.05) is 65.2 Å². The van der Waals surface area contributed by atoms with Gasteiger partial charge >= 0.3 is 6.03 Å². The number of hydrogen-bond acceptors (Lipinski definition) is 5. The summed E-state index contributed by atoms with van der Waals surface area (Å²) >= 11 is 18.2. The summed E-state index contributed by atoms with van der Waals surface area (Å²) in [5.41, 5.74) is 1.68. The van der Waals surface area contributed by atoms with Crippen molar-refractivity contribution in [2.75, 3.05) is 0 Å². The van der Waals surface area contributed by atoms with Crippen LogP contribution in [0.5, 0.6) is 0 Å². The number of allylic oxidation sites excluding steroid dienone is 2. The highest BCUT2D eigenvalue weighted by Crippen LogP contribution is 2.36. The van der Waals surface area contributed by atoms with Crippen molar-refractivity contribution in [3.63, 3.8) is 0 Å². The molecule has 10 heteroatoms. The van der Waals surface area contributed by atoms with Crippen molar-refractivity contribution in [3.8, 4) is 0 Å². The Balaban J connectivity index is 1.71. The first kappa shape index (κ1) is 24.2. The Morgan fingerprint density at radius 3 is 2.18 bits per heavy atom. The number of urea groups is 1. The van der Waals surface area contributed by atoms with Gasteiger partial charge in [-0.15, -0.1) is 0 Å². The summed E-state index contributed by atoms with van der Waals surface area (Å²) in [5.74, 6) is -4.67. The molecule has 3 N–H and O–H groups in total. The second-order valence-corrected chi connectivity index (χ2v) is 8.93. The van der Waals surface area contributed by atoms with Crippen molar-refractivity contribution in [1.82, 2.24) is 10.6 Å². The van der Waals surface area contributed by atoms with E-state index in [2.05, 4.69) is 0 Å². The molecule has 1 heterocycles. The number of aliphatic hydroxyl groups is 1. The van der Waals surface area contributed by atoms with E-state index in [1.165, 1.54) is 12.2 Å². The van der Waals surface area contributed by atoms with Crippen LogP contribution in [0.3, 0.4) is 0 Å². The molecule has 0 spiro atoms. The Bertz CT molecular complexity index is 1230. The molecule has 1 saturated heterocycles. The topological polar surface area (TPSA) is 105 Å². The van der Waals surface area contributed by atoms with E-state index in [1.54, 1.807) is 54.6 Å². The number of nitrogens with one attached hydrogen (secondary N) is 2. The summed E-state index contributed by atoms with van der Waals surface area (Å²) in [7, 11) is 0. The minimum Gasteiger partial charge on any atom is -0.362 e. The van der Waals surface area contributed by atoms with Gasteiger partial charge in [0, 0.05) is 15.1 Å². The molecule has 4 rings (SSSR count). The van der Waals surface area contributed by atoms with E-state index in [4.69, 9.17) is 39.5 Å². The van der Waals surface area contributed by atoms with Crippen LogP contribution in [0.2, 0.25) is 15.1 Å². The van der Waals surface area contributed by atoms with Crippen LogP contribution in [-0.4, -0.2) is 28.7 Å². The van der Waals surface area contributed by atoms with Crippen LogP contribution < -0.4 is 10.6 Å². The van der Waals surface area contributed by atoms with Crippen molar-refractivity contribution >= 4 is 58.2 Å². The van der Waals surface area contributed by atoms with E-state index < -0.39 is 29.6 Å². The summed E-state index contributed by atoms with van der Waals surface area (Å²) < 4.78 is 5.83. The molecule has 1 aliphatic carbocycles. The third-order valence-electron chi connectivity index (χ3n) is 5.21. The summed E-state index contributed by atoms with van der Waals surface area (Å²) in [5, 5.41) is 16.8. The molecule has 2 aromatic rings. The molecule has 0 aromatic heterocycles. The van der Waals surface area contributed by atoms with Gasteiger partial charge in [-0.05, 0) is 53.1 Å². The third-order valence-corrected chi connectivity index (χ3v) is 5.90. The highest BCUT2D eigenvalue weighted by molar-refractivity contribution is 6.35. The predicted octanol–water partition coefficient (Wildman–Crippen LogP) is 4.41. The van der Waals surface area contributed by atoms with E-state index in [0.29, 0.717) is 26.2 Å². The maximum absolute atomic E-state index is 12.3. The van der Waals surface area contributed by atoms with Gasteiger partial charge in [-0.25, -0.2) is 4.79 Å². The first-order valence-corrected chi connectivity index (χ1v) is 11.1. The lowest BCUT2D eigenvalue weighted by Gasteiger charge is -2.34. The summed E-state index contributed by atoms with van der Waals surface area (Å²) in [6, 6.07) is 10.9. The van der Waals surface area contributed by atoms with Gasteiger partial charge in [0.15, 0.2) is 5.79 Å². The Morgan fingerprint density at radius 1 is 0.941 bits per heavy atom. The SMILES string of the molecule is O=C1NC(=O)C(=CC2C=C(c3cc(Cl)cc(Cl)c3)C=CC2(O)OCc2ccc(Cl)cc2)C(=O)N1. The number of carbonyl (C=O) groups is 3. The Morgan fingerprint density at radius 2 is 1.56 bits per heavy atom. The number of barbiturate groups is 1. The quantitative estimate of drug-likeness (QED) is 0.308. The van der Waals surface area contributed by atoms with E-state index >= 15 is 0 Å². The van der Waals surface area contributed by atoms with Gasteiger partial charge in [-0.2, -0.15) is 0 Å². The van der Waals surface area contributed by atoms with Crippen LogP contribution in [0.4, 0.5) is 4.79 Å². The lowest BCUT2D eigenvalue weighted by Crippen LogP contribution is -2.52. The minimum absolute atomic E-state index is 0.0146. The molecule has 1 fully saturated rings. The molecular formula is C24H17Cl3N2O5. The fourth-order valence-electron chi connectivity index (χ4n) is 3.50. The highest BCUT2D eigenvalue weighted by Gasteiger charge is 2.38. The molecule has 2 atom stereocenters. The van der Waals surface area contributed by atoms with Gasteiger partial charge in [0.25, 0.3) is 11.8 Å². The summed E-state index contributed by atoms with van der Waals surface area (Å²) in [6.07, 6.45) is 5.91. The number of hydrogen-bond donors (Lipinski definition) is 3. The largest absolute Gasteiger partial charge is 0.362 e. The van der Waals surface area contributed by atoms with Gasteiger partial charge in [0.05, 0.1) is 12.5 Å². The lowest BCUT2D eigenvalue weighted by atomic mass is 9.85. The molecular weight excluding hydrogens is 503 g/mol. The number of amides is 4. The van der Waals surface area contributed by atoms with E-state index in [9.17, 15) is 19.5 Å². The van der Waals surface area contributed by atoms with Crippen LogP contribution in [-0.2, 0) is 20.9 Å². The fourth-order valence-corrected chi connectivity index (χ4v) is 4.15. The van der Waals surface area contributed by atoms with Gasteiger partial charge < -0.3 is 9.84 Å². The Labute approximate surface area is 209 Å². The average molecular weight is 520 g/mol. The molecule has 34 heavy (non-hydrogen) atoms. The summed E-state index contributed by atoms with van der Waals surface area (Å²) in [4.78, 5) is 36.0. The van der Waals surface area contributed by atoms with E-state index in [-0.39, 0.29) is 12.2 Å². The number of imide groups is 2. The standard InChI is InChI=1S/C24H17Cl3N2O5/c25-17-3-1-13(2-4-17)12-34-24(33)6-5-14(15-8-18(26)11-19(27)9-15)7-16(24)10-20-21(30)28-23(32)29-22(20)31/h1-11,16,33H,12H2,(H2,28,29,30,31,32).